The summed E-state index contributed by atoms with van der Waals surface area (Å²) in [5.41, 5.74) is 0.737. The van der Waals surface area contributed by atoms with E-state index in [-0.39, 0.29) is 5.91 Å². The van der Waals surface area contributed by atoms with E-state index in [9.17, 15) is 9.59 Å². The summed E-state index contributed by atoms with van der Waals surface area (Å²) in [7, 11) is 1.87. The van der Waals surface area contributed by atoms with E-state index in [2.05, 4.69) is 20.8 Å². The molecule has 1 aromatic carbocycles. The number of hydrogen-bond acceptors (Lipinski definition) is 5. The van der Waals surface area contributed by atoms with Crippen molar-refractivity contribution < 1.29 is 9.59 Å². The van der Waals surface area contributed by atoms with Gasteiger partial charge in [0.1, 0.15) is 5.82 Å². The van der Waals surface area contributed by atoms with Crippen molar-refractivity contribution in [2.24, 2.45) is 7.05 Å². The molecule has 0 aliphatic heterocycles. The van der Waals surface area contributed by atoms with Crippen molar-refractivity contribution in [1.29, 1.82) is 0 Å². The van der Waals surface area contributed by atoms with Gasteiger partial charge in [-0.25, -0.2) is 4.79 Å². The molecule has 140 valence electrons. The maximum atomic E-state index is 12.2. The summed E-state index contributed by atoms with van der Waals surface area (Å²) in [5.74, 6) is 0.446. The third kappa shape index (κ3) is 5.87. The highest BCUT2D eigenvalue weighted by molar-refractivity contribution is 8.00. The third-order valence-electron chi connectivity index (χ3n) is 3.51. The van der Waals surface area contributed by atoms with Gasteiger partial charge in [0.05, 0.1) is 5.25 Å². The molecular weight excluding hydrogens is 350 g/mol. The highest BCUT2D eigenvalue weighted by Crippen LogP contribution is 2.22. The van der Waals surface area contributed by atoms with Gasteiger partial charge in [0.25, 0.3) is 0 Å². The average molecular weight is 375 g/mol. The van der Waals surface area contributed by atoms with Gasteiger partial charge >= 0.3 is 6.03 Å². The summed E-state index contributed by atoms with van der Waals surface area (Å²) >= 11 is 1.27. The van der Waals surface area contributed by atoms with Crippen molar-refractivity contribution in [1.82, 2.24) is 25.4 Å². The molecule has 26 heavy (non-hydrogen) atoms. The molecule has 0 aliphatic rings. The van der Waals surface area contributed by atoms with Crippen molar-refractivity contribution in [3.05, 3.63) is 41.7 Å². The number of nitrogens with one attached hydrogen (secondary N) is 2. The number of urea groups is 1. The van der Waals surface area contributed by atoms with Crippen LogP contribution in [0, 0.1) is 0 Å². The molecule has 0 aliphatic carbocycles. The minimum Gasteiger partial charge on any atom is -0.333 e. The molecule has 0 saturated heterocycles. The predicted molar refractivity (Wildman–Crippen MR) is 102 cm³/mol. The molecule has 0 spiro atoms. The topological polar surface area (TPSA) is 88.9 Å². The Hall–Kier alpha value is -2.35. The first-order valence-electron chi connectivity index (χ1n) is 8.37. The SMILES string of the molecule is C[C@H](Sc1nnc(Cc2ccccc2)n1C)C(=O)NC(=O)NC(C)(C)C. The fourth-order valence-electron chi connectivity index (χ4n) is 2.18. The Morgan fingerprint density at radius 3 is 2.46 bits per heavy atom. The molecule has 1 heterocycles. The summed E-state index contributed by atoms with van der Waals surface area (Å²) in [4.78, 5) is 24.0. The second kappa shape index (κ2) is 8.35. The van der Waals surface area contributed by atoms with Crippen molar-refractivity contribution >= 4 is 23.7 Å². The number of thioether (sulfide) groups is 1. The van der Waals surface area contributed by atoms with Crippen LogP contribution in [0.4, 0.5) is 4.79 Å². The van der Waals surface area contributed by atoms with E-state index in [1.54, 1.807) is 6.92 Å². The molecule has 2 N–H and O–H groups in total. The number of nitrogens with zero attached hydrogens (tertiary/aromatic N) is 3. The highest BCUT2D eigenvalue weighted by Gasteiger charge is 2.22. The van der Waals surface area contributed by atoms with Gasteiger partial charge in [-0.05, 0) is 33.3 Å². The van der Waals surface area contributed by atoms with Crippen molar-refractivity contribution in [3.8, 4) is 0 Å². The molecule has 0 bridgehead atoms. The zero-order valence-electron chi connectivity index (χ0n) is 15.7. The van der Waals surface area contributed by atoms with Crippen molar-refractivity contribution in [2.75, 3.05) is 0 Å². The number of carbonyl (C=O) groups excluding carboxylic acids is 2. The Morgan fingerprint density at radius 2 is 1.85 bits per heavy atom. The zero-order chi connectivity index (χ0) is 19.3. The first-order chi connectivity index (χ1) is 12.2. The smallest absolute Gasteiger partial charge is 0.321 e. The molecule has 1 atom stereocenters. The normalized spacial score (nSPS) is 12.5. The van der Waals surface area contributed by atoms with Gasteiger partial charge in [0.15, 0.2) is 5.16 Å². The minimum absolute atomic E-state index is 0.371. The molecule has 7 nitrogen and oxygen atoms in total. The second-order valence-electron chi connectivity index (χ2n) is 7.07. The summed E-state index contributed by atoms with van der Waals surface area (Å²) in [5, 5.41) is 13.6. The van der Waals surface area contributed by atoms with Crippen LogP contribution < -0.4 is 10.6 Å². The Labute approximate surface area is 158 Å². The van der Waals surface area contributed by atoms with Gasteiger partial charge < -0.3 is 9.88 Å². The maximum Gasteiger partial charge on any atom is 0.321 e. The summed E-state index contributed by atoms with van der Waals surface area (Å²) < 4.78 is 1.87. The first kappa shape index (κ1) is 20.0. The van der Waals surface area contributed by atoms with Crippen LogP contribution in [0.2, 0.25) is 0 Å². The molecule has 0 fully saturated rings. The monoisotopic (exact) mass is 375 g/mol. The molecule has 0 saturated carbocycles. The number of benzene rings is 1. The minimum atomic E-state index is -0.502. The Morgan fingerprint density at radius 1 is 1.19 bits per heavy atom. The molecular formula is C18H25N5O2S. The average Bonchev–Trinajstić information content (AvgIpc) is 2.87. The number of aromatic nitrogens is 3. The fourth-order valence-corrected chi connectivity index (χ4v) is 3.01. The number of imide groups is 1. The summed E-state index contributed by atoms with van der Waals surface area (Å²) in [6.45, 7) is 7.28. The number of carbonyl (C=O) groups is 2. The molecule has 3 amide bonds. The van der Waals surface area contributed by atoms with E-state index in [1.165, 1.54) is 11.8 Å². The lowest BCUT2D eigenvalue weighted by molar-refractivity contribution is -0.119. The van der Waals surface area contributed by atoms with Crippen LogP contribution in [0.3, 0.4) is 0 Å². The van der Waals surface area contributed by atoms with Crippen LogP contribution in [0.25, 0.3) is 0 Å². The van der Waals surface area contributed by atoms with Gasteiger partial charge in [-0.1, -0.05) is 42.1 Å². The van der Waals surface area contributed by atoms with E-state index in [0.29, 0.717) is 11.6 Å². The van der Waals surface area contributed by atoms with E-state index < -0.39 is 16.8 Å². The van der Waals surface area contributed by atoms with Crippen LogP contribution in [-0.4, -0.2) is 37.5 Å². The van der Waals surface area contributed by atoms with Crippen molar-refractivity contribution in [3.63, 3.8) is 0 Å². The van der Waals surface area contributed by atoms with Crippen LogP contribution in [-0.2, 0) is 18.3 Å². The molecule has 0 unspecified atom stereocenters. The lowest BCUT2D eigenvalue weighted by atomic mass is 10.1. The predicted octanol–water partition coefficient (Wildman–Crippen LogP) is 2.51. The molecule has 2 aromatic rings. The van der Waals surface area contributed by atoms with Crippen LogP contribution in [0.5, 0.6) is 0 Å². The Balaban J connectivity index is 1.95. The number of hydrogen-bond donors (Lipinski definition) is 2. The van der Waals surface area contributed by atoms with Crippen LogP contribution in [0.15, 0.2) is 35.5 Å². The fraction of sp³-hybridized carbons (Fsp3) is 0.444. The van der Waals surface area contributed by atoms with Gasteiger partial charge in [0.2, 0.25) is 5.91 Å². The van der Waals surface area contributed by atoms with Crippen LogP contribution >= 0.6 is 11.8 Å². The van der Waals surface area contributed by atoms with E-state index >= 15 is 0 Å². The largest absolute Gasteiger partial charge is 0.333 e. The van der Waals surface area contributed by atoms with Gasteiger partial charge in [-0.15, -0.1) is 10.2 Å². The maximum absolute atomic E-state index is 12.2. The van der Waals surface area contributed by atoms with E-state index in [4.69, 9.17) is 0 Å². The molecule has 8 heteroatoms. The van der Waals surface area contributed by atoms with Gasteiger partial charge in [-0.3, -0.25) is 10.1 Å². The lowest BCUT2D eigenvalue weighted by Gasteiger charge is -2.21. The molecule has 2 rings (SSSR count). The lowest BCUT2D eigenvalue weighted by Crippen LogP contribution is -2.49. The molecule has 0 radical (unpaired) electrons. The number of amides is 3. The quantitative estimate of drug-likeness (QED) is 0.784. The Kier molecular flexibility index (Phi) is 6.42. The van der Waals surface area contributed by atoms with Gasteiger partial charge in [-0.2, -0.15) is 0 Å². The summed E-state index contributed by atoms with van der Waals surface area (Å²) in [6, 6.07) is 9.50. The van der Waals surface area contributed by atoms with Crippen LogP contribution in [0.1, 0.15) is 39.1 Å². The number of rotatable bonds is 5. The van der Waals surface area contributed by atoms with E-state index in [0.717, 1.165) is 11.4 Å². The Bertz CT molecular complexity index is 768. The van der Waals surface area contributed by atoms with Gasteiger partial charge in [0, 0.05) is 19.0 Å². The standard InChI is InChI=1S/C18H25N5O2S/c1-12(15(24)19-16(25)20-18(2,3)4)26-17-22-21-14(23(17)5)11-13-9-7-6-8-10-13/h6-10,12H,11H2,1-5H3,(H2,19,20,24,25)/t12-/m0/s1. The second-order valence-corrected chi connectivity index (χ2v) is 8.38. The molecule has 1 aromatic heterocycles. The van der Waals surface area contributed by atoms with E-state index in [1.807, 2.05) is 62.7 Å². The summed E-state index contributed by atoms with van der Waals surface area (Å²) in [6.07, 6.45) is 0.666. The highest BCUT2D eigenvalue weighted by atomic mass is 32.2. The first-order valence-corrected chi connectivity index (χ1v) is 9.25. The zero-order valence-corrected chi connectivity index (χ0v) is 16.6. The third-order valence-corrected chi connectivity index (χ3v) is 4.64. The van der Waals surface area contributed by atoms with Crippen molar-refractivity contribution in [2.45, 2.75) is 50.1 Å².